The number of nitrogens with zero attached hydrogens (tertiary/aromatic N) is 1. The van der Waals surface area contributed by atoms with E-state index in [4.69, 9.17) is 37.4 Å². The summed E-state index contributed by atoms with van der Waals surface area (Å²) < 4.78 is 16.0. The van der Waals surface area contributed by atoms with E-state index in [1.54, 1.807) is 37.3 Å². The first-order valence-electron chi connectivity index (χ1n) is 9.89. The van der Waals surface area contributed by atoms with Gasteiger partial charge in [0.1, 0.15) is 0 Å². The summed E-state index contributed by atoms with van der Waals surface area (Å²) in [4.78, 5) is 25.6. The number of anilines is 1. The number of rotatable bonds is 6. The van der Waals surface area contributed by atoms with Crippen LogP contribution in [-0.4, -0.2) is 44.2 Å². The van der Waals surface area contributed by atoms with Crippen molar-refractivity contribution in [1.29, 1.82) is 0 Å². The molecule has 2 N–H and O–H groups in total. The number of amides is 2. The van der Waals surface area contributed by atoms with E-state index in [-0.39, 0.29) is 12.6 Å². The van der Waals surface area contributed by atoms with Crippen LogP contribution in [0.15, 0.2) is 30.3 Å². The molecule has 0 aliphatic carbocycles. The van der Waals surface area contributed by atoms with Crippen LogP contribution in [0.4, 0.5) is 15.3 Å². The lowest BCUT2D eigenvalue weighted by atomic mass is 9.91. The van der Waals surface area contributed by atoms with Crippen LogP contribution in [0.1, 0.15) is 30.5 Å². The summed E-state index contributed by atoms with van der Waals surface area (Å²) in [6.45, 7) is 1.90. The molecule has 0 saturated carbocycles. The minimum absolute atomic E-state index is 0.130. The van der Waals surface area contributed by atoms with Gasteiger partial charge in [-0.15, -0.1) is 0 Å². The molecule has 0 fully saturated rings. The number of fused-ring (bicyclic) bond motifs is 1. The predicted molar refractivity (Wildman–Crippen MR) is 122 cm³/mol. The zero-order chi connectivity index (χ0) is 23.4. The van der Waals surface area contributed by atoms with Gasteiger partial charge in [0.25, 0.3) is 0 Å². The second-order valence-corrected chi connectivity index (χ2v) is 8.24. The molecule has 0 spiro atoms. The fourth-order valence-corrected chi connectivity index (χ4v) is 4.38. The second-order valence-electron chi connectivity index (χ2n) is 7.36. The van der Waals surface area contributed by atoms with Crippen LogP contribution in [0.3, 0.4) is 0 Å². The fraction of sp³-hybridized carbons (Fsp3) is 0.364. The van der Waals surface area contributed by atoms with Gasteiger partial charge in [-0.3, -0.25) is 4.90 Å². The Morgan fingerprint density at radius 3 is 2.31 bits per heavy atom. The van der Waals surface area contributed by atoms with Crippen LogP contribution in [-0.2, 0) is 11.2 Å². The van der Waals surface area contributed by atoms with Gasteiger partial charge < -0.3 is 24.6 Å². The Labute approximate surface area is 196 Å². The minimum Gasteiger partial charge on any atom is -0.493 e. The third-order valence-corrected chi connectivity index (χ3v) is 5.67. The molecule has 3 rings (SSSR count). The Bertz CT molecular complexity index is 996. The van der Waals surface area contributed by atoms with E-state index >= 15 is 0 Å². The highest BCUT2D eigenvalue weighted by atomic mass is 35.5. The number of hydrogen-bond donors (Lipinski definition) is 2. The zero-order valence-electron chi connectivity index (χ0n) is 17.9. The van der Waals surface area contributed by atoms with Crippen molar-refractivity contribution in [2.75, 3.05) is 25.7 Å². The average molecular weight is 483 g/mol. The van der Waals surface area contributed by atoms with Crippen molar-refractivity contribution >= 4 is 41.1 Å². The van der Waals surface area contributed by atoms with Gasteiger partial charge in [-0.25, -0.2) is 9.59 Å². The molecule has 2 amide bonds. The molecule has 2 unspecified atom stereocenters. The molecule has 2 atom stereocenters. The van der Waals surface area contributed by atoms with E-state index in [1.807, 2.05) is 0 Å². The first-order chi connectivity index (χ1) is 15.2. The smallest absolute Gasteiger partial charge is 0.412 e. The van der Waals surface area contributed by atoms with Crippen LogP contribution < -0.4 is 19.7 Å². The number of halogens is 2. The minimum atomic E-state index is -1.09. The van der Waals surface area contributed by atoms with Crippen molar-refractivity contribution in [3.63, 3.8) is 0 Å². The molecular weight excluding hydrogens is 459 g/mol. The van der Waals surface area contributed by atoms with Gasteiger partial charge in [0.05, 0.1) is 32.6 Å². The Morgan fingerprint density at radius 2 is 1.72 bits per heavy atom. The summed E-state index contributed by atoms with van der Waals surface area (Å²) in [5.41, 5.74) is 1.87. The molecule has 2 aromatic carbocycles. The molecule has 8 nitrogen and oxygen atoms in total. The van der Waals surface area contributed by atoms with Crippen LogP contribution in [0.25, 0.3) is 0 Å². The maximum atomic E-state index is 12.5. The molecule has 1 aliphatic rings. The quantitative estimate of drug-likeness (QED) is 0.579. The number of hydrogen-bond acceptors (Lipinski definition) is 5. The van der Waals surface area contributed by atoms with Crippen LogP contribution in [0, 0.1) is 0 Å². The number of ether oxygens (including phenoxy) is 3. The number of benzene rings is 2. The topological polar surface area (TPSA) is 97.3 Å². The summed E-state index contributed by atoms with van der Waals surface area (Å²) in [5.74, 6) is 0.831. The van der Waals surface area contributed by atoms with E-state index in [0.717, 1.165) is 5.56 Å². The monoisotopic (exact) mass is 482 g/mol. The molecule has 1 aliphatic heterocycles. The molecule has 2 aromatic rings. The lowest BCUT2D eigenvalue weighted by Gasteiger charge is -2.38. The van der Waals surface area contributed by atoms with Crippen molar-refractivity contribution in [1.82, 2.24) is 5.32 Å². The maximum Gasteiger partial charge on any atom is 0.412 e. The highest BCUT2D eigenvalue weighted by Gasteiger charge is 2.36. The molecular formula is C22H24Cl2N2O6. The second kappa shape index (κ2) is 10.2. The van der Waals surface area contributed by atoms with Gasteiger partial charge in [-0.05, 0) is 43.2 Å². The van der Waals surface area contributed by atoms with Gasteiger partial charge in [0, 0.05) is 34.1 Å². The van der Waals surface area contributed by atoms with Crippen LogP contribution in [0.2, 0.25) is 10.0 Å². The Morgan fingerprint density at radius 1 is 1.09 bits per heavy atom. The van der Waals surface area contributed by atoms with Gasteiger partial charge in [0.15, 0.2) is 11.5 Å². The van der Waals surface area contributed by atoms with Crippen molar-refractivity contribution < 1.29 is 28.9 Å². The Balaban J connectivity index is 1.75. The number of carboxylic acid groups (broad SMARTS) is 1. The lowest BCUT2D eigenvalue weighted by Crippen LogP contribution is -2.46. The molecule has 10 heteroatoms. The standard InChI is InChI=1S/C22H24Cl2N2O6/c1-12-6-17(25-21(27)32-5-4-13-7-14(23)9-15(24)8-13)16-10-19(30-2)20(31-3)11-18(16)26(12)22(28)29/h7-12,17H,4-6H2,1-3H3,(H,25,27)(H,28,29). The third kappa shape index (κ3) is 5.31. The molecule has 0 saturated heterocycles. The number of methoxy groups -OCH3 is 2. The molecule has 1 heterocycles. The Kier molecular flexibility index (Phi) is 7.58. The summed E-state index contributed by atoms with van der Waals surface area (Å²) in [5, 5.41) is 13.6. The normalized spacial score (nSPS) is 17.3. The van der Waals surface area contributed by atoms with Crippen LogP contribution >= 0.6 is 23.2 Å². The summed E-state index contributed by atoms with van der Waals surface area (Å²) in [6, 6.07) is 7.57. The molecule has 32 heavy (non-hydrogen) atoms. The molecule has 0 bridgehead atoms. The highest BCUT2D eigenvalue weighted by Crippen LogP contribution is 2.43. The molecule has 0 aromatic heterocycles. The van der Waals surface area contributed by atoms with Crippen molar-refractivity contribution in [2.45, 2.75) is 31.8 Å². The SMILES string of the molecule is COc1cc2c(cc1OC)N(C(=O)O)C(C)CC2NC(=O)OCCc1cc(Cl)cc(Cl)c1. The summed E-state index contributed by atoms with van der Waals surface area (Å²) >= 11 is 12.0. The van der Waals surface area contributed by atoms with Gasteiger partial charge in [-0.2, -0.15) is 0 Å². The molecule has 0 radical (unpaired) electrons. The summed E-state index contributed by atoms with van der Waals surface area (Å²) in [6.07, 6.45) is -0.885. The van der Waals surface area contributed by atoms with Crippen molar-refractivity contribution in [2.24, 2.45) is 0 Å². The van der Waals surface area contributed by atoms with Crippen LogP contribution in [0.5, 0.6) is 11.5 Å². The first kappa shape index (κ1) is 23.8. The number of carbonyl (C=O) groups excluding carboxylic acids is 1. The summed E-state index contributed by atoms with van der Waals surface area (Å²) in [7, 11) is 2.96. The number of alkyl carbamates (subject to hydrolysis) is 1. The fourth-order valence-electron chi connectivity index (χ4n) is 3.81. The lowest BCUT2D eigenvalue weighted by molar-refractivity contribution is 0.142. The Hall–Kier alpha value is -2.84. The van der Waals surface area contributed by atoms with Gasteiger partial charge in [0.2, 0.25) is 0 Å². The van der Waals surface area contributed by atoms with E-state index in [0.29, 0.717) is 45.6 Å². The highest BCUT2D eigenvalue weighted by molar-refractivity contribution is 6.34. The van der Waals surface area contributed by atoms with E-state index < -0.39 is 18.2 Å². The van der Waals surface area contributed by atoms with E-state index in [2.05, 4.69) is 5.32 Å². The zero-order valence-corrected chi connectivity index (χ0v) is 19.4. The largest absolute Gasteiger partial charge is 0.493 e. The van der Waals surface area contributed by atoms with E-state index in [9.17, 15) is 14.7 Å². The number of nitrogens with one attached hydrogen (secondary N) is 1. The van der Waals surface area contributed by atoms with Gasteiger partial charge in [-0.1, -0.05) is 23.2 Å². The number of carbonyl (C=O) groups is 2. The average Bonchev–Trinajstić information content (AvgIpc) is 2.71. The molecule has 172 valence electrons. The maximum absolute atomic E-state index is 12.5. The van der Waals surface area contributed by atoms with Gasteiger partial charge >= 0.3 is 12.2 Å². The first-order valence-corrected chi connectivity index (χ1v) is 10.7. The van der Waals surface area contributed by atoms with Crippen molar-refractivity contribution in [3.05, 3.63) is 51.5 Å². The predicted octanol–water partition coefficient (Wildman–Crippen LogP) is 5.30. The van der Waals surface area contributed by atoms with Crippen molar-refractivity contribution in [3.8, 4) is 11.5 Å². The van der Waals surface area contributed by atoms with E-state index in [1.165, 1.54) is 19.1 Å². The third-order valence-electron chi connectivity index (χ3n) is 5.23.